The largest absolute Gasteiger partial charge is 0.490 e. The predicted molar refractivity (Wildman–Crippen MR) is 332 cm³/mol. The molecule has 0 aliphatic carbocycles. The Hall–Kier alpha value is -8.64. The highest BCUT2D eigenvalue weighted by Gasteiger charge is 2.25. The molecule has 0 unspecified atom stereocenters. The zero-order valence-electron chi connectivity index (χ0n) is 47.5. The summed E-state index contributed by atoms with van der Waals surface area (Å²) in [4.78, 5) is 39.1. The highest BCUT2D eigenvalue weighted by molar-refractivity contribution is 9.10. The molecule has 0 spiro atoms. The van der Waals surface area contributed by atoms with Gasteiger partial charge in [0.15, 0.2) is 19.7 Å². The molecule has 8 aromatic heterocycles. The van der Waals surface area contributed by atoms with Crippen molar-refractivity contribution in [1.29, 1.82) is 0 Å². The summed E-state index contributed by atoms with van der Waals surface area (Å²) in [6, 6.07) is 21.4. The van der Waals surface area contributed by atoms with Crippen molar-refractivity contribution in [1.82, 2.24) is 39.9 Å². The number of nitrogens with zero attached hydrogens (tertiary/aromatic N) is 10. The van der Waals surface area contributed by atoms with E-state index in [1.54, 1.807) is 49.9 Å². The van der Waals surface area contributed by atoms with Crippen molar-refractivity contribution in [3.05, 3.63) is 173 Å². The second kappa shape index (κ2) is 26.8. The number of fused-ring (bicyclic) bond motifs is 2. The van der Waals surface area contributed by atoms with Crippen molar-refractivity contribution in [2.24, 2.45) is 0 Å². The third-order valence-electron chi connectivity index (χ3n) is 14.1. The number of morpholine rings is 2. The summed E-state index contributed by atoms with van der Waals surface area (Å²) in [7, 11) is -8.58. The Morgan fingerprint density at radius 2 is 1.03 bits per heavy atom. The van der Waals surface area contributed by atoms with E-state index in [1.807, 2.05) is 37.3 Å². The first-order valence-electron chi connectivity index (χ1n) is 27.0. The van der Waals surface area contributed by atoms with Gasteiger partial charge in [-0.1, -0.05) is 12.1 Å². The molecule has 452 valence electrons. The molecule has 12 rings (SSSR count). The quantitative estimate of drug-likeness (QED) is 0.0656. The fourth-order valence-electron chi connectivity index (χ4n) is 9.68. The normalized spacial score (nSPS) is 13.5. The Morgan fingerprint density at radius 3 is 1.51 bits per heavy atom. The Kier molecular flexibility index (Phi) is 19.0. The molecule has 0 amide bonds. The number of nitrogens with one attached hydrogen (secondary N) is 2. The number of hydrogen-bond donors (Lipinski definition) is 4. The van der Waals surface area contributed by atoms with Crippen LogP contribution in [0, 0.1) is 37.1 Å². The summed E-state index contributed by atoms with van der Waals surface area (Å²) < 4.78 is 117. The zero-order chi connectivity index (χ0) is 62.4. The van der Waals surface area contributed by atoms with Gasteiger partial charge in [0.25, 0.3) is 0 Å². The number of aromatic nitrogens is 8. The van der Waals surface area contributed by atoms with Gasteiger partial charge < -0.3 is 40.0 Å². The lowest BCUT2D eigenvalue weighted by Crippen LogP contribution is -2.36. The molecule has 0 bridgehead atoms. The van der Waals surface area contributed by atoms with Crippen molar-refractivity contribution in [3.63, 3.8) is 0 Å². The minimum absolute atomic E-state index is 0.0295. The summed E-state index contributed by atoms with van der Waals surface area (Å²) >= 11 is 3.54. The van der Waals surface area contributed by atoms with Crippen LogP contribution in [0.25, 0.3) is 55.7 Å². The van der Waals surface area contributed by atoms with E-state index in [-0.39, 0.29) is 37.1 Å². The molecule has 0 saturated carbocycles. The van der Waals surface area contributed by atoms with E-state index in [9.17, 15) is 25.6 Å². The average molecular weight is 1300 g/mol. The Bertz CT molecular complexity index is 4470. The molecular formula is C60H54BBrF4N12O8S2. The molecule has 2 fully saturated rings. The molecule has 28 heteroatoms. The van der Waals surface area contributed by atoms with Crippen LogP contribution in [0.3, 0.4) is 0 Å². The van der Waals surface area contributed by atoms with Gasteiger partial charge in [-0.3, -0.25) is 19.9 Å². The van der Waals surface area contributed by atoms with E-state index < -0.39 is 50.1 Å². The minimum atomic E-state index is -3.54. The van der Waals surface area contributed by atoms with E-state index in [1.165, 1.54) is 42.9 Å². The van der Waals surface area contributed by atoms with Crippen LogP contribution >= 0.6 is 15.9 Å². The summed E-state index contributed by atoms with van der Waals surface area (Å²) in [5.74, 6) is -1.46. The highest BCUT2D eigenvalue weighted by atomic mass is 79.9. The van der Waals surface area contributed by atoms with Gasteiger partial charge in [0.2, 0.25) is 0 Å². The van der Waals surface area contributed by atoms with Crippen molar-refractivity contribution >= 4 is 104 Å². The lowest BCUT2D eigenvalue weighted by Gasteiger charge is -2.28. The van der Waals surface area contributed by atoms with Crippen LogP contribution in [-0.4, -0.2) is 139 Å². The number of halogens is 5. The summed E-state index contributed by atoms with van der Waals surface area (Å²) in [6.45, 7) is 8.74. The van der Waals surface area contributed by atoms with Gasteiger partial charge in [-0.25, -0.2) is 54.3 Å². The molecule has 20 nitrogen and oxygen atoms in total. The van der Waals surface area contributed by atoms with Crippen LogP contribution in [-0.2, 0) is 29.1 Å². The van der Waals surface area contributed by atoms with Gasteiger partial charge in [-0.2, -0.15) is 0 Å². The maximum absolute atomic E-state index is 15.5. The second-order valence-corrected chi connectivity index (χ2v) is 25.1. The van der Waals surface area contributed by atoms with Gasteiger partial charge >= 0.3 is 7.12 Å². The number of hydrogen-bond acceptors (Lipinski definition) is 20. The highest BCUT2D eigenvalue weighted by Crippen LogP contribution is 2.42. The maximum Gasteiger partial charge on any atom is 0.490 e. The van der Waals surface area contributed by atoms with Crippen LogP contribution < -0.4 is 25.9 Å². The average Bonchev–Trinajstić information content (AvgIpc) is 1.99. The van der Waals surface area contributed by atoms with E-state index in [0.29, 0.717) is 118 Å². The van der Waals surface area contributed by atoms with Crippen LogP contribution in [0.4, 0.5) is 51.9 Å². The minimum Gasteiger partial charge on any atom is -0.423 e. The molecule has 4 N–H and O–H groups in total. The Balaban J connectivity index is 0.000000165. The molecular weight excluding hydrogens is 1250 g/mol. The number of rotatable bonds is 12. The molecule has 2 aromatic carbocycles. The van der Waals surface area contributed by atoms with Crippen LogP contribution in [0.2, 0.25) is 0 Å². The third-order valence-corrected chi connectivity index (χ3v) is 16.9. The van der Waals surface area contributed by atoms with Gasteiger partial charge in [0.1, 0.15) is 34.9 Å². The SMILES string of the molecule is CS(=O)(=O)c1cncc(B(O)O)c1.Cc1c(-c2ccccn2)nc2cc(F)cc(F)c2c1Nc1cc(N2CCOCC2)ncc1-c1cncc(S(C)(=O)=O)c1.Cc1c(-c2ccccn2)nc2cc(F)cc(F)c2c1Nc1cc(N2CCOCC2)ncc1Br. The summed E-state index contributed by atoms with van der Waals surface area (Å²) in [6.07, 6.45) is 13.9. The van der Waals surface area contributed by atoms with Crippen LogP contribution in [0.1, 0.15) is 11.1 Å². The van der Waals surface area contributed by atoms with Crippen molar-refractivity contribution in [2.45, 2.75) is 23.6 Å². The lowest BCUT2D eigenvalue weighted by atomic mass is 9.82. The molecule has 88 heavy (non-hydrogen) atoms. The maximum atomic E-state index is 15.5. The van der Waals surface area contributed by atoms with Gasteiger partial charge in [0, 0.05) is 152 Å². The number of pyridine rings is 8. The summed E-state index contributed by atoms with van der Waals surface area (Å²) in [5.41, 5.74) is 6.96. The van der Waals surface area contributed by atoms with Crippen LogP contribution in [0.15, 0.2) is 149 Å². The Morgan fingerprint density at radius 1 is 0.568 bits per heavy atom. The van der Waals surface area contributed by atoms with E-state index in [4.69, 9.17) is 19.5 Å². The zero-order valence-corrected chi connectivity index (χ0v) is 50.7. The number of anilines is 6. The van der Waals surface area contributed by atoms with E-state index in [2.05, 4.69) is 76.2 Å². The van der Waals surface area contributed by atoms with Crippen molar-refractivity contribution < 1.29 is 53.9 Å². The monoisotopic (exact) mass is 1300 g/mol. The molecule has 10 heterocycles. The topological polar surface area (TPSA) is 261 Å². The number of benzene rings is 2. The first-order chi connectivity index (χ1) is 42.1. The predicted octanol–water partition coefficient (Wildman–Crippen LogP) is 9.11. The molecule has 2 aliphatic heterocycles. The fourth-order valence-corrected chi connectivity index (χ4v) is 11.2. The molecule has 2 aliphatic rings. The van der Waals surface area contributed by atoms with Gasteiger partial charge in [-0.15, -0.1) is 0 Å². The van der Waals surface area contributed by atoms with Crippen LogP contribution in [0.5, 0.6) is 0 Å². The van der Waals surface area contributed by atoms with Crippen molar-refractivity contribution in [3.8, 4) is 33.9 Å². The van der Waals surface area contributed by atoms with E-state index in [0.717, 1.165) is 49.7 Å². The van der Waals surface area contributed by atoms with Gasteiger partial charge in [0.05, 0.1) is 108 Å². The first-order valence-corrected chi connectivity index (χ1v) is 31.6. The molecule has 0 atom stereocenters. The smallest absolute Gasteiger partial charge is 0.423 e. The number of sulfone groups is 2. The summed E-state index contributed by atoms with van der Waals surface area (Å²) in [5, 5.41) is 24.5. The van der Waals surface area contributed by atoms with Gasteiger partial charge in [-0.05, 0) is 66.2 Å². The fraction of sp³-hybridized carbons (Fsp3) is 0.200. The Labute approximate surface area is 511 Å². The first kappa shape index (κ1) is 62.4. The van der Waals surface area contributed by atoms with E-state index >= 15 is 8.78 Å². The lowest BCUT2D eigenvalue weighted by molar-refractivity contribution is 0.122. The molecule has 10 aromatic rings. The third kappa shape index (κ3) is 14.3. The second-order valence-electron chi connectivity index (χ2n) is 20.3. The van der Waals surface area contributed by atoms with Crippen molar-refractivity contribution in [2.75, 3.05) is 85.6 Å². The molecule has 0 radical (unpaired) electrons. The number of ether oxygens (including phenoxy) is 2. The standard InChI is InChI=1S/C30H26F2N6O3S.C24H20BrF2N5O.C6H8BNO4S/c1-18-29(24-5-3-4-6-34-24)37-26-13-20(31)12-23(32)28(26)30(18)36-25-14-27(38-7-9-41-10-8-38)35-17-22(25)19-11-21(16-33-15-19)42(2,39)40;1-14-23(18-4-2-3-5-28-18)31-20-11-15(26)10-17(27)22(20)24(14)30-19-12-21(29-13-16(19)25)32-6-8-33-9-7-32;1-13(11,12)6-2-5(7(9)10)3-8-4-6/h3-6,11-17H,7-10H2,1-2H3,(H,35,36,37);2-5,10-13H,6-9H2,1H3,(H,29,30,31);2-4,9-10H,1H3. The molecule has 2 saturated heterocycles.